The number of ether oxygens (including phenoxy) is 1. The molecule has 1 heterocycles. The Kier molecular flexibility index (Phi) is 7.83. The number of Topliss-reactive ketones (excluding diaryl/α,β-unsaturated/α-hetero) is 1. The maximum Gasteiger partial charge on any atom is 0.573 e. The standard InChI is InChI=1S/C28H26F3N3O2/c1-20-6-2-4-8-23(20)18-25(35)9-5-3-7-21-10-12-22(13-11-21)27-32-19-34(33-27)24-14-16-26(17-15-24)36-28(29,30)31/h2,4,6,8,10-17,19H,3,5,7,9,18H2,1H3. The van der Waals surface area contributed by atoms with Crippen LogP contribution in [0.5, 0.6) is 5.75 Å². The summed E-state index contributed by atoms with van der Waals surface area (Å²) < 4.78 is 42.4. The Labute approximate surface area is 207 Å². The van der Waals surface area contributed by atoms with Crippen LogP contribution in [0.25, 0.3) is 17.1 Å². The van der Waals surface area contributed by atoms with E-state index in [1.165, 1.54) is 40.8 Å². The Hall–Kier alpha value is -3.94. The van der Waals surface area contributed by atoms with Crippen molar-refractivity contribution in [1.29, 1.82) is 0 Å². The highest BCUT2D eigenvalue weighted by Gasteiger charge is 2.31. The molecule has 0 atom stereocenters. The third kappa shape index (κ3) is 7.04. The zero-order valence-corrected chi connectivity index (χ0v) is 19.8. The van der Waals surface area contributed by atoms with Gasteiger partial charge in [0.25, 0.3) is 0 Å². The number of unbranched alkanes of at least 4 members (excludes halogenated alkanes) is 1. The zero-order chi connectivity index (χ0) is 25.5. The van der Waals surface area contributed by atoms with E-state index in [0.717, 1.165) is 36.0 Å². The van der Waals surface area contributed by atoms with Crippen LogP contribution in [-0.2, 0) is 17.6 Å². The van der Waals surface area contributed by atoms with E-state index in [1.54, 1.807) is 0 Å². The summed E-state index contributed by atoms with van der Waals surface area (Å²) in [6.45, 7) is 2.03. The van der Waals surface area contributed by atoms with Gasteiger partial charge in [0.05, 0.1) is 5.69 Å². The van der Waals surface area contributed by atoms with Crippen molar-refractivity contribution >= 4 is 5.78 Å². The van der Waals surface area contributed by atoms with E-state index in [0.29, 0.717) is 24.4 Å². The highest BCUT2D eigenvalue weighted by Crippen LogP contribution is 2.24. The first kappa shape index (κ1) is 25.2. The van der Waals surface area contributed by atoms with Gasteiger partial charge >= 0.3 is 6.36 Å². The number of hydrogen-bond donors (Lipinski definition) is 0. The largest absolute Gasteiger partial charge is 0.573 e. The van der Waals surface area contributed by atoms with Crippen molar-refractivity contribution in [2.75, 3.05) is 0 Å². The molecule has 36 heavy (non-hydrogen) atoms. The number of aromatic nitrogens is 3. The van der Waals surface area contributed by atoms with E-state index in [-0.39, 0.29) is 11.5 Å². The second kappa shape index (κ2) is 11.2. The van der Waals surface area contributed by atoms with Crippen LogP contribution in [0.15, 0.2) is 79.1 Å². The predicted octanol–water partition coefficient (Wildman–Crippen LogP) is 6.67. The molecule has 8 heteroatoms. The van der Waals surface area contributed by atoms with Crippen molar-refractivity contribution in [3.63, 3.8) is 0 Å². The lowest BCUT2D eigenvalue weighted by molar-refractivity contribution is -0.274. The van der Waals surface area contributed by atoms with Crippen LogP contribution in [0.3, 0.4) is 0 Å². The monoisotopic (exact) mass is 493 g/mol. The molecule has 0 aliphatic heterocycles. The van der Waals surface area contributed by atoms with Crippen LogP contribution < -0.4 is 4.74 Å². The van der Waals surface area contributed by atoms with Gasteiger partial charge in [0, 0.05) is 18.4 Å². The molecule has 0 unspecified atom stereocenters. The molecular weight excluding hydrogens is 467 g/mol. The van der Waals surface area contributed by atoms with Crippen molar-refractivity contribution in [3.05, 3.63) is 95.8 Å². The quantitative estimate of drug-likeness (QED) is 0.232. The lowest BCUT2D eigenvalue weighted by Gasteiger charge is -2.09. The van der Waals surface area contributed by atoms with Gasteiger partial charge in [-0.15, -0.1) is 18.3 Å². The minimum atomic E-state index is -4.73. The molecule has 0 aliphatic rings. The van der Waals surface area contributed by atoms with E-state index in [4.69, 9.17) is 0 Å². The Balaban J connectivity index is 1.26. The first-order valence-electron chi connectivity index (χ1n) is 11.7. The summed E-state index contributed by atoms with van der Waals surface area (Å²) in [4.78, 5) is 16.6. The lowest BCUT2D eigenvalue weighted by atomic mass is 9.99. The summed E-state index contributed by atoms with van der Waals surface area (Å²) in [6, 6.07) is 21.3. The van der Waals surface area contributed by atoms with Crippen LogP contribution in [0, 0.1) is 6.92 Å². The summed E-state index contributed by atoms with van der Waals surface area (Å²) in [7, 11) is 0. The van der Waals surface area contributed by atoms with Gasteiger partial charge in [0.1, 0.15) is 17.9 Å². The minimum Gasteiger partial charge on any atom is -0.406 e. The molecule has 0 amide bonds. The molecule has 0 spiro atoms. The summed E-state index contributed by atoms with van der Waals surface area (Å²) in [5, 5.41) is 4.43. The number of ketones is 1. The van der Waals surface area contributed by atoms with Gasteiger partial charge in [-0.05, 0) is 67.1 Å². The van der Waals surface area contributed by atoms with E-state index >= 15 is 0 Å². The Morgan fingerprint density at radius 1 is 0.944 bits per heavy atom. The zero-order valence-electron chi connectivity index (χ0n) is 19.8. The molecule has 0 saturated carbocycles. The van der Waals surface area contributed by atoms with Crippen LogP contribution >= 0.6 is 0 Å². The van der Waals surface area contributed by atoms with Gasteiger partial charge in [0.15, 0.2) is 5.82 Å². The second-order valence-corrected chi connectivity index (χ2v) is 8.60. The average Bonchev–Trinajstić information content (AvgIpc) is 3.34. The molecule has 186 valence electrons. The third-order valence-electron chi connectivity index (χ3n) is 5.86. The van der Waals surface area contributed by atoms with E-state index in [9.17, 15) is 18.0 Å². The van der Waals surface area contributed by atoms with E-state index < -0.39 is 6.36 Å². The number of halogens is 3. The fraction of sp³-hybridized carbons (Fsp3) is 0.250. The molecule has 3 aromatic carbocycles. The highest BCUT2D eigenvalue weighted by molar-refractivity contribution is 5.81. The van der Waals surface area contributed by atoms with Crippen LogP contribution in [0.1, 0.15) is 36.0 Å². The molecular formula is C28H26F3N3O2. The van der Waals surface area contributed by atoms with Crippen LogP contribution in [-0.4, -0.2) is 26.9 Å². The molecule has 0 aliphatic carbocycles. The molecule has 1 aromatic heterocycles. The minimum absolute atomic E-state index is 0.267. The van der Waals surface area contributed by atoms with Crippen molar-refractivity contribution in [2.24, 2.45) is 0 Å². The fourth-order valence-electron chi connectivity index (χ4n) is 3.90. The topological polar surface area (TPSA) is 57.0 Å². The molecule has 4 aromatic rings. The normalized spacial score (nSPS) is 11.4. The Bertz CT molecular complexity index is 1300. The molecule has 0 N–H and O–H groups in total. The average molecular weight is 494 g/mol. The van der Waals surface area contributed by atoms with Gasteiger partial charge in [0.2, 0.25) is 0 Å². The Morgan fingerprint density at radius 2 is 1.67 bits per heavy atom. The van der Waals surface area contributed by atoms with Gasteiger partial charge in [-0.2, -0.15) is 0 Å². The summed E-state index contributed by atoms with van der Waals surface area (Å²) in [5.74, 6) is 0.487. The summed E-state index contributed by atoms with van der Waals surface area (Å²) >= 11 is 0. The first-order chi connectivity index (χ1) is 17.3. The molecule has 0 radical (unpaired) electrons. The number of carbonyl (C=O) groups excluding carboxylic acids is 1. The first-order valence-corrected chi connectivity index (χ1v) is 11.7. The van der Waals surface area contributed by atoms with E-state index in [2.05, 4.69) is 14.8 Å². The summed E-state index contributed by atoms with van der Waals surface area (Å²) in [6.07, 6.45) is 0.518. The van der Waals surface area contributed by atoms with Crippen LogP contribution in [0.2, 0.25) is 0 Å². The van der Waals surface area contributed by atoms with Crippen molar-refractivity contribution < 1.29 is 22.7 Å². The smallest absolute Gasteiger partial charge is 0.406 e. The van der Waals surface area contributed by atoms with Crippen molar-refractivity contribution in [2.45, 2.75) is 45.4 Å². The second-order valence-electron chi connectivity index (χ2n) is 8.60. The van der Waals surface area contributed by atoms with E-state index in [1.807, 2.05) is 55.5 Å². The summed E-state index contributed by atoms with van der Waals surface area (Å²) in [5.41, 5.74) is 4.82. The van der Waals surface area contributed by atoms with Gasteiger partial charge in [-0.3, -0.25) is 4.79 Å². The SMILES string of the molecule is Cc1ccccc1CC(=O)CCCCc1ccc(-c2ncn(-c3ccc(OC(F)(F)F)cc3)n2)cc1. The number of carbonyl (C=O) groups is 1. The number of aryl methyl sites for hydroxylation is 2. The van der Waals surface area contributed by atoms with Gasteiger partial charge in [-0.1, -0.05) is 48.5 Å². The molecule has 5 nitrogen and oxygen atoms in total. The highest BCUT2D eigenvalue weighted by atomic mass is 19.4. The number of hydrogen-bond acceptors (Lipinski definition) is 4. The number of rotatable bonds is 10. The van der Waals surface area contributed by atoms with Crippen molar-refractivity contribution in [3.8, 4) is 22.8 Å². The fourth-order valence-corrected chi connectivity index (χ4v) is 3.90. The number of benzene rings is 3. The van der Waals surface area contributed by atoms with Crippen molar-refractivity contribution in [1.82, 2.24) is 14.8 Å². The number of alkyl halides is 3. The maximum absolute atomic E-state index is 12.3. The number of nitrogens with zero attached hydrogens (tertiary/aromatic N) is 3. The van der Waals surface area contributed by atoms with Gasteiger partial charge < -0.3 is 4.74 Å². The molecule has 0 saturated heterocycles. The lowest BCUT2D eigenvalue weighted by Crippen LogP contribution is -2.17. The molecule has 0 bridgehead atoms. The van der Waals surface area contributed by atoms with Gasteiger partial charge in [-0.25, -0.2) is 9.67 Å². The molecule has 0 fully saturated rings. The molecule has 4 rings (SSSR count). The maximum atomic E-state index is 12.3. The third-order valence-corrected chi connectivity index (χ3v) is 5.86. The Morgan fingerprint density at radius 3 is 2.36 bits per heavy atom. The predicted molar refractivity (Wildman–Crippen MR) is 131 cm³/mol. The van der Waals surface area contributed by atoms with Crippen LogP contribution in [0.4, 0.5) is 13.2 Å².